The molecule has 4 atom stereocenters. The molecule has 10 nitrogen and oxygen atoms in total. The first kappa shape index (κ1) is 37.3. The number of benzene rings is 2. The summed E-state index contributed by atoms with van der Waals surface area (Å²) in [5.74, 6) is -1.28. The summed E-state index contributed by atoms with van der Waals surface area (Å²) < 4.78 is 25.4. The molecule has 0 aromatic heterocycles. The van der Waals surface area contributed by atoms with E-state index in [1.165, 1.54) is 6.42 Å². The van der Waals surface area contributed by atoms with Gasteiger partial charge in [0.25, 0.3) is 0 Å². The minimum Gasteiger partial charge on any atom is -0.445 e. The lowest BCUT2D eigenvalue weighted by molar-refractivity contribution is -0.131. The van der Waals surface area contributed by atoms with Crippen LogP contribution in [0.2, 0.25) is 0 Å². The quantitative estimate of drug-likeness (QED) is 0.162. The standard InChI is InChI=1S/C35H52N3O7P/c1-25(2)31(37-34(41)32(26(3)4)38-35(42)44-21-27-14-8-5-9-15-27)33(40)36-20-30(39)24-46(43,23-29-18-12-7-13-19-29)45-22-28-16-10-6-11-17-28/h5-6,8-11,14-17,25-26,29-32,39H,7,12-13,18-24H2,1-4H3,(H,36,40)(H,37,41)(H,38,42)/t30-,31+,32+,46?/m1/s1. The fraction of sp³-hybridized carbons (Fsp3) is 0.571. The number of carbonyl (C=O) groups is 3. The number of hydrogen-bond acceptors (Lipinski definition) is 7. The Morgan fingerprint density at radius 2 is 1.35 bits per heavy atom. The van der Waals surface area contributed by atoms with Gasteiger partial charge in [-0.3, -0.25) is 14.2 Å². The maximum absolute atomic E-state index is 14.1. The molecule has 2 aromatic carbocycles. The van der Waals surface area contributed by atoms with Gasteiger partial charge in [-0.05, 0) is 41.7 Å². The van der Waals surface area contributed by atoms with Crippen LogP contribution in [0.3, 0.4) is 0 Å². The number of ether oxygens (including phenoxy) is 1. The lowest BCUT2D eigenvalue weighted by Crippen LogP contribution is -2.57. The highest BCUT2D eigenvalue weighted by Gasteiger charge is 2.33. The van der Waals surface area contributed by atoms with Crippen molar-refractivity contribution in [3.05, 3.63) is 71.8 Å². The third-order valence-corrected chi connectivity index (χ3v) is 10.9. The number of hydrogen-bond donors (Lipinski definition) is 4. The summed E-state index contributed by atoms with van der Waals surface area (Å²) in [7, 11) is -3.22. The second-order valence-corrected chi connectivity index (χ2v) is 15.6. The van der Waals surface area contributed by atoms with Crippen LogP contribution >= 0.6 is 7.37 Å². The van der Waals surface area contributed by atoms with Gasteiger partial charge in [-0.25, -0.2) is 4.79 Å². The molecule has 0 aliphatic heterocycles. The van der Waals surface area contributed by atoms with E-state index in [1.807, 2.05) is 60.7 Å². The van der Waals surface area contributed by atoms with Crippen molar-refractivity contribution in [3.8, 4) is 0 Å². The molecule has 254 valence electrons. The monoisotopic (exact) mass is 657 g/mol. The molecule has 46 heavy (non-hydrogen) atoms. The van der Waals surface area contributed by atoms with Gasteiger partial charge in [0.15, 0.2) is 0 Å². The van der Waals surface area contributed by atoms with Crippen molar-refractivity contribution >= 4 is 25.3 Å². The summed E-state index contributed by atoms with van der Waals surface area (Å²) in [6.45, 7) is 7.27. The highest BCUT2D eigenvalue weighted by molar-refractivity contribution is 7.59. The van der Waals surface area contributed by atoms with E-state index in [4.69, 9.17) is 9.26 Å². The van der Waals surface area contributed by atoms with E-state index >= 15 is 0 Å². The first-order valence-corrected chi connectivity index (χ1v) is 18.4. The Kier molecular flexibility index (Phi) is 15.2. The first-order chi connectivity index (χ1) is 22.0. The normalized spacial score (nSPS) is 17.0. The Hall–Kier alpha value is -3.20. The molecule has 0 heterocycles. The summed E-state index contributed by atoms with van der Waals surface area (Å²) in [5, 5.41) is 19.0. The number of amides is 3. The van der Waals surface area contributed by atoms with Gasteiger partial charge in [-0.2, -0.15) is 0 Å². The topological polar surface area (TPSA) is 143 Å². The number of rotatable bonds is 17. The summed E-state index contributed by atoms with van der Waals surface area (Å²) in [4.78, 5) is 39.0. The molecule has 1 saturated carbocycles. The zero-order valence-corrected chi connectivity index (χ0v) is 28.5. The molecule has 2 aromatic rings. The first-order valence-electron chi connectivity index (χ1n) is 16.5. The molecule has 0 radical (unpaired) electrons. The van der Waals surface area contributed by atoms with E-state index in [-0.39, 0.29) is 43.7 Å². The van der Waals surface area contributed by atoms with Crippen LogP contribution in [0, 0.1) is 17.8 Å². The summed E-state index contributed by atoms with van der Waals surface area (Å²) >= 11 is 0. The van der Waals surface area contributed by atoms with Crippen LogP contribution in [-0.2, 0) is 36.6 Å². The Morgan fingerprint density at radius 1 is 0.804 bits per heavy atom. The maximum atomic E-state index is 14.1. The van der Waals surface area contributed by atoms with E-state index in [0.29, 0.717) is 6.16 Å². The zero-order valence-electron chi connectivity index (χ0n) is 27.7. The van der Waals surface area contributed by atoms with Gasteiger partial charge in [-0.1, -0.05) is 108 Å². The molecule has 0 saturated heterocycles. The summed E-state index contributed by atoms with van der Waals surface area (Å²) in [6, 6.07) is 16.9. The molecular formula is C35H52N3O7P. The van der Waals surface area contributed by atoms with Gasteiger partial charge in [-0.15, -0.1) is 0 Å². The number of carbonyl (C=O) groups excluding carboxylic acids is 3. The fourth-order valence-electron chi connectivity index (χ4n) is 5.63. The maximum Gasteiger partial charge on any atom is 0.408 e. The molecule has 4 N–H and O–H groups in total. The largest absolute Gasteiger partial charge is 0.445 e. The van der Waals surface area contributed by atoms with Crippen LogP contribution < -0.4 is 16.0 Å². The van der Waals surface area contributed by atoms with Crippen molar-refractivity contribution in [2.24, 2.45) is 17.8 Å². The lowest BCUT2D eigenvalue weighted by Gasteiger charge is -2.29. The van der Waals surface area contributed by atoms with Crippen molar-refractivity contribution in [1.82, 2.24) is 16.0 Å². The van der Waals surface area contributed by atoms with Crippen molar-refractivity contribution in [1.29, 1.82) is 0 Å². The van der Waals surface area contributed by atoms with E-state index in [9.17, 15) is 24.1 Å². The molecule has 0 spiro atoms. The molecule has 3 rings (SSSR count). The Bertz CT molecular complexity index is 1270. The van der Waals surface area contributed by atoms with E-state index in [2.05, 4.69) is 16.0 Å². The molecule has 3 amide bonds. The van der Waals surface area contributed by atoms with Crippen LogP contribution in [-0.4, -0.2) is 60.1 Å². The van der Waals surface area contributed by atoms with Gasteiger partial charge in [0, 0.05) is 12.7 Å². The van der Waals surface area contributed by atoms with Crippen LogP contribution in [0.5, 0.6) is 0 Å². The van der Waals surface area contributed by atoms with E-state index in [1.54, 1.807) is 27.7 Å². The average Bonchev–Trinajstić information content (AvgIpc) is 3.04. The fourth-order valence-corrected chi connectivity index (χ4v) is 8.30. The van der Waals surface area contributed by atoms with E-state index < -0.39 is 43.5 Å². The van der Waals surface area contributed by atoms with Gasteiger partial charge in [0.1, 0.15) is 18.7 Å². The molecule has 1 aliphatic carbocycles. The Balaban J connectivity index is 1.56. The Labute approximate surface area is 273 Å². The second-order valence-electron chi connectivity index (χ2n) is 13.0. The van der Waals surface area contributed by atoms with Crippen molar-refractivity contribution in [2.75, 3.05) is 18.9 Å². The van der Waals surface area contributed by atoms with Gasteiger partial charge in [0.2, 0.25) is 19.2 Å². The van der Waals surface area contributed by atoms with Gasteiger partial charge in [0.05, 0.1) is 18.9 Å². The highest BCUT2D eigenvalue weighted by atomic mass is 31.2. The number of aliphatic hydroxyl groups excluding tert-OH is 1. The van der Waals surface area contributed by atoms with Gasteiger partial charge < -0.3 is 30.3 Å². The predicted octanol–water partition coefficient (Wildman–Crippen LogP) is 5.63. The molecule has 1 fully saturated rings. The van der Waals surface area contributed by atoms with Crippen molar-refractivity contribution < 1.29 is 33.3 Å². The van der Waals surface area contributed by atoms with E-state index in [0.717, 1.165) is 36.8 Å². The molecular weight excluding hydrogens is 605 g/mol. The molecule has 1 unspecified atom stereocenters. The minimum atomic E-state index is -3.22. The van der Waals surface area contributed by atoms with Crippen LogP contribution in [0.25, 0.3) is 0 Å². The number of alkyl carbamates (subject to hydrolysis) is 1. The molecule has 11 heteroatoms. The molecule has 0 bridgehead atoms. The third-order valence-electron chi connectivity index (χ3n) is 8.25. The molecule has 1 aliphatic rings. The summed E-state index contributed by atoms with van der Waals surface area (Å²) in [6.07, 6.45) is 3.89. The summed E-state index contributed by atoms with van der Waals surface area (Å²) in [5.41, 5.74) is 1.72. The smallest absolute Gasteiger partial charge is 0.408 e. The minimum absolute atomic E-state index is 0.0589. The zero-order chi connectivity index (χ0) is 33.5. The van der Waals surface area contributed by atoms with Crippen LogP contribution in [0.4, 0.5) is 4.79 Å². The number of aliphatic hydroxyl groups is 1. The van der Waals surface area contributed by atoms with Crippen molar-refractivity contribution in [3.63, 3.8) is 0 Å². The van der Waals surface area contributed by atoms with Crippen LogP contribution in [0.15, 0.2) is 60.7 Å². The Morgan fingerprint density at radius 3 is 1.91 bits per heavy atom. The number of nitrogens with one attached hydrogen (secondary N) is 3. The lowest BCUT2D eigenvalue weighted by atomic mass is 9.91. The third kappa shape index (κ3) is 12.9. The van der Waals surface area contributed by atoms with Crippen molar-refractivity contribution in [2.45, 2.75) is 91.2 Å². The predicted molar refractivity (Wildman–Crippen MR) is 179 cm³/mol. The van der Waals surface area contributed by atoms with Gasteiger partial charge >= 0.3 is 6.09 Å². The SMILES string of the molecule is CC(C)[C@H](NC(=O)OCc1ccccc1)C(=O)N[C@H](C(=O)NC[C@@H](O)CP(=O)(CC1CCCCC1)OCc1ccccc1)C(C)C. The van der Waals surface area contributed by atoms with Crippen LogP contribution in [0.1, 0.15) is 70.9 Å². The highest BCUT2D eigenvalue weighted by Crippen LogP contribution is 2.51. The second kappa shape index (κ2) is 18.8. The average molecular weight is 658 g/mol.